The van der Waals surface area contributed by atoms with Crippen LogP contribution in [0.2, 0.25) is 5.02 Å². The first-order valence-electron chi connectivity index (χ1n) is 10.0. The summed E-state index contributed by atoms with van der Waals surface area (Å²) in [6.07, 6.45) is 15.0. The fraction of sp³-hybridized carbons (Fsp3) is 0.217. The van der Waals surface area contributed by atoms with E-state index in [4.69, 9.17) is 11.6 Å². The topological polar surface area (TPSA) is 55.4 Å². The Balaban J connectivity index is 1.36. The van der Waals surface area contributed by atoms with Gasteiger partial charge in [-0.2, -0.15) is 0 Å². The maximum atomic E-state index is 14.1. The molecule has 1 aliphatic heterocycles. The monoisotopic (exact) mass is 417 g/mol. The van der Waals surface area contributed by atoms with Crippen molar-refractivity contribution in [1.29, 1.82) is 0 Å². The summed E-state index contributed by atoms with van der Waals surface area (Å²) in [6.45, 7) is 0. The molecule has 0 bridgehead atoms. The van der Waals surface area contributed by atoms with Gasteiger partial charge in [0.15, 0.2) is 11.5 Å². The van der Waals surface area contributed by atoms with E-state index in [1.54, 1.807) is 12.3 Å². The van der Waals surface area contributed by atoms with Crippen molar-refractivity contribution in [2.75, 3.05) is 0 Å². The zero-order valence-electron chi connectivity index (χ0n) is 16.0. The lowest BCUT2D eigenvalue weighted by Crippen LogP contribution is -2.03. The van der Waals surface area contributed by atoms with Gasteiger partial charge in [-0.05, 0) is 54.2 Å². The second kappa shape index (κ2) is 6.71. The Morgan fingerprint density at radius 3 is 2.83 bits per heavy atom. The first-order chi connectivity index (χ1) is 14.7. The van der Waals surface area contributed by atoms with Crippen LogP contribution in [0.25, 0.3) is 16.9 Å². The summed E-state index contributed by atoms with van der Waals surface area (Å²) in [4.78, 5) is 8.43. The molecule has 0 radical (unpaired) electrons. The van der Waals surface area contributed by atoms with Crippen LogP contribution in [0.4, 0.5) is 4.39 Å². The lowest BCUT2D eigenvalue weighted by molar-refractivity contribution is 0.617. The second-order valence-electron chi connectivity index (χ2n) is 7.91. The van der Waals surface area contributed by atoms with Gasteiger partial charge in [0.2, 0.25) is 0 Å². The van der Waals surface area contributed by atoms with E-state index in [1.807, 2.05) is 28.8 Å². The molecule has 0 amide bonds. The third-order valence-electron chi connectivity index (χ3n) is 5.82. The average Bonchev–Trinajstić information content (AvgIpc) is 3.31. The van der Waals surface area contributed by atoms with Crippen molar-refractivity contribution in [2.45, 2.75) is 25.7 Å². The van der Waals surface area contributed by atoms with Crippen LogP contribution in [-0.4, -0.2) is 25.3 Å². The number of pyridine rings is 2. The van der Waals surface area contributed by atoms with Gasteiger partial charge in [0, 0.05) is 36.4 Å². The Bertz CT molecular complexity index is 1330. The fourth-order valence-corrected chi connectivity index (χ4v) is 4.32. The van der Waals surface area contributed by atoms with Gasteiger partial charge in [0.05, 0.1) is 22.6 Å². The first-order valence-corrected chi connectivity index (χ1v) is 10.4. The largest absolute Gasteiger partial charge is 0.285 e. The van der Waals surface area contributed by atoms with Gasteiger partial charge in [-0.15, -0.1) is 10.2 Å². The summed E-state index contributed by atoms with van der Waals surface area (Å²) in [7, 11) is 0. The molecule has 3 aliphatic rings. The Hall–Kier alpha value is -3.12. The van der Waals surface area contributed by atoms with Crippen LogP contribution in [0.5, 0.6) is 0 Å². The SMILES string of the molecule is Fc1cnccc1C1=CC2=CC(c3ccn4c(CC5CC5)nnc4c3Cl)=CCC2=N1. The number of aromatic nitrogens is 4. The molecule has 0 N–H and O–H groups in total. The van der Waals surface area contributed by atoms with Crippen LogP contribution >= 0.6 is 11.6 Å². The van der Waals surface area contributed by atoms with Crippen LogP contribution in [0.1, 0.15) is 36.2 Å². The van der Waals surface area contributed by atoms with Crippen molar-refractivity contribution in [1.82, 2.24) is 19.6 Å². The number of fused-ring (bicyclic) bond motifs is 2. The van der Waals surface area contributed by atoms with Crippen LogP contribution in [-0.2, 0) is 6.42 Å². The third kappa shape index (κ3) is 2.91. The molecule has 3 aromatic rings. The molecule has 0 atom stereocenters. The van der Waals surface area contributed by atoms with Crippen molar-refractivity contribution in [3.05, 3.63) is 82.3 Å². The normalized spacial score (nSPS) is 18.1. The summed E-state index contributed by atoms with van der Waals surface area (Å²) in [5.74, 6) is 1.32. The molecule has 7 heteroatoms. The minimum absolute atomic E-state index is 0.372. The quantitative estimate of drug-likeness (QED) is 0.595. The number of hydrogen-bond acceptors (Lipinski definition) is 4. The lowest BCUT2D eigenvalue weighted by Gasteiger charge is -2.13. The zero-order valence-corrected chi connectivity index (χ0v) is 16.8. The van der Waals surface area contributed by atoms with E-state index in [9.17, 15) is 4.39 Å². The highest BCUT2D eigenvalue weighted by molar-refractivity contribution is 6.35. The van der Waals surface area contributed by atoms with Gasteiger partial charge >= 0.3 is 0 Å². The summed E-state index contributed by atoms with van der Waals surface area (Å²) < 4.78 is 16.1. The first kappa shape index (κ1) is 17.7. The van der Waals surface area contributed by atoms with Gasteiger partial charge < -0.3 is 0 Å². The van der Waals surface area contributed by atoms with Crippen molar-refractivity contribution in [2.24, 2.45) is 10.9 Å². The number of halogens is 2. The van der Waals surface area contributed by atoms with Crippen LogP contribution in [0.3, 0.4) is 0 Å². The highest BCUT2D eigenvalue weighted by atomic mass is 35.5. The summed E-state index contributed by atoms with van der Waals surface area (Å²) in [6, 6.07) is 3.66. The van der Waals surface area contributed by atoms with E-state index in [-0.39, 0.29) is 5.82 Å². The molecule has 2 aliphatic carbocycles. The Morgan fingerprint density at radius 1 is 1.10 bits per heavy atom. The van der Waals surface area contributed by atoms with Gasteiger partial charge in [-0.3, -0.25) is 14.4 Å². The maximum absolute atomic E-state index is 14.1. The number of nitrogens with zero attached hydrogens (tertiary/aromatic N) is 5. The molecule has 0 saturated heterocycles. The van der Waals surface area contributed by atoms with Gasteiger partial charge in [0.25, 0.3) is 0 Å². The van der Waals surface area contributed by atoms with E-state index in [1.165, 1.54) is 19.0 Å². The fourth-order valence-electron chi connectivity index (χ4n) is 4.02. The van der Waals surface area contributed by atoms with E-state index in [0.717, 1.165) is 40.6 Å². The molecule has 0 aromatic carbocycles. The number of hydrogen-bond donors (Lipinski definition) is 0. The summed E-state index contributed by atoms with van der Waals surface area (Å²) >= 11 is 6.73. The second-order valence-corrected chi connectivity index (χ2v) is 8.29. The summed E-state index contributed by atoms with van der Waals surface area (Å²) in [5.41, 5.74) is 5.59. The van der Waals surface area contributed by atoms with Crippen molar-refractivity contribution >= 4 is 34.2 Å². The average molecular weight is 418 g/mol. The molecule has 3 aromatic heterocycles. The van der Waals surface area contributed by atoms with Gasteiger partial charge in [-0.25, -0.2) is 4.39 Å². The molecule has 4 heterocycles. The molecule has 0 spiro atoms. The third-order valence-corrected chi connectivity index (χ3v) is 6.20. The Labute approximate surface area is 177 Å². The predicted molar refractivity (Wildman–Crippen MR) is 115 cm³/mol. The smallest absolute Gasteiger partial charge is 0.180 e. The molecule has 6 rings (SSSR count). The number of rotatable bonds is 4. The van der Waals surface area contributed by atoms with Crippen molar-refractivity contribution in [3.8, 4) is 0 Å². The van der Waals surface area contributed by atoms with E-state index < -0.39 is 0 Å². The Kier molecular flexibility index (Phi) is 3.96. The highest BCUT2D eigenvalue weighted by Gasteiger charge is 2.25. The van der Waals surface area contributed by atoms with Crippen molar-refractivity contribution < 1.29 is 4.39 Å². The molecular formula is C23H17ClFN5. The number of aliphatic imine (C=N–C) groups is 1. The van der Waals surface area contributed by atoms with E-state index in [2.05, 4.69) is 26.2 Å². The lowest BCUT2D eigenvalue weighted by atomic mass is 9.94. The molecule has 1 saturated carbocycles. The van der Waals surface area contributed by atoms with Crippen molar-refractivity contribution in [3.63, 3.8) is 0 Å². The van der Waals surface area contributed by atoms with Crippen LogP contribution in [0.15, 0.2) is 59.5 Å². The van der Waals surface area contributed by atoms with Gasteiger partial charge in [0.1, 0.15) is 5.82 Å². The predicted octanol–water partition coefficient (Wildman–Crippen LogP) is 5.08. The van der Waals surface area contributed by atoms with Crippen LogP contribution in [0, 0.1) is 11.7 Å². The van der Waals surface area contributed by atoms with E-state index in [0.29, 0.717) is 28.4 Å². The zero-order chi connectivity index (χ0) is 20.2. The minimum atomic E-state index is -0.372. The molecule has 1 fully saturated rings. The van der Waals surface area contributed by atoms with Gasteiger partial charge in [-0.1, -0.05) is 17.7 Å². The molecule has 30 heavy (non-hydrogen) atoms. The van der Waals surface area contributed by atoms with E-state index >= 15 is 0 Å². The van der Waals surface area contributed by atoms with Crippen LogP contribution < -0.4 is 0 Å². The minimum Gasteiger partial charge on any atom is -0.285 e. The molecule has 148 valence electrons. The molecular weight excluding hydrogens is 401 g/mol. The summed E-state index contributed by atoms with van der Waals surface area (Å²) in [5, 5.41) is 9.28. The molecule has 0 unspecified atom stereocenters. The Morgan fingerprint density at radius 2 is 2.00 bits per heavy atom. The maximum Gasteiger partial charge on any atom is 0.180 e. The highest BCUT2D eigenvalue weighted by Crippen LogP contribution is 2.37. The standard InChI is InChI=1S/C23H17ClFN5/c24-22-16(6-8-30-21(9-13-1-2-13)28-29-23(22)30)14-3-4-19-15(10-14)11-20(27-19)17-5-7-26-12-18(17)25/h3,5-8,10-13H,1-2,4,9H2. The molecule has 5 nitrogen and oxygen atoms in total. The number of allylic oxidation sites excluding steroid dienone is 5.